The number of carbonyl (C=O) groups excluding carboxylic acids is 2. The van der Waals surface area contributed by atoms with Gasteiger partial charge in [-0.2, -0.15) is 0 Å². The van der Waals surface area contributed by atoms with E-state index in [1.54, 1.807) is 48.5 Å². The molecule has 0 saturated heterocycles. The Bertz CT molecular complexity index is 471. The molecule has 0 aromatic heterocycles. The molecule has 2 nitrogen and oxygen atoms in total. The van der Waals surface area contributed by atoms with Crippen LogP contribution in [0.25, 0.3) is 0 Å². The van der Waals surface area contributed by atoms with Crippen LogP contribution in [0, 0.1) is 0 Å². The first-order chi connectivity index (χ1) is 8.27. The first-order valence-corrected chi connectivity index (χ1v) is 5.44. The van der Waals surface area contributed by atoms with E-state index in [9.17, 15) is 9.59 Å². The third-order valence-electron chi connectivity index (χ3n) is 2.51. The molecule has 3 heteroatoms. The molecule has 0 spiro atoms. The van der Waals surface area contributed by atoms with E-state index in [4.69, 9.17) is 0 Å². The first-order valence-electron chi connectivity index (χ1n) is 5.44. The molecule has 0 unspecified atom stereocenters. The van der Waals surface area contributed by atoms with Gasteiger partial charge >= 0.3 is 29.6 Å². The summed E-state index contributed by atoms with van der Waals surface area (Å²) in [6, 6.07) is 17.7. The van der Waals surface area contributed by atoms with Gasteiger partial charge in [0.1, 0.15) is 0 Å². The zero-order valence-electron chi connectivity index (χ0n) is 10.3. The van der Waals surface area contributed by atoms with E-state index in [1.807, 2.05) is 12.1 Å². The average molecular weight is 247 g/mol. The minimum absolute atomic E-state index is 0. The maximum Gasteiger partial charge on any atom is 1.00 e. The van der Waals surface area contributed by atoms with Crippen LogP contribution in [-0.2, 0) is 0 Å². The number of hydrogen-bond acceptors (Lipinski definition) is 2. The standard InChI is InChI=1S/C15H12O2.Na/c16-14(12-7-3-1-4-8-12)11-15(17)13-9-5-2-6-10-13;/h1-10H,11H2;/q;+1. The van der Waals surface area contributed by atoms with E-state index in [2.05, 4.69) is 0 Å². The minimum Gasteiger partial charge on any atom is -0.294 e. The Morgan fingerprint density at radius 3 is 1.33 bits per heavy atom. The van der Waals surface area contributed by atoms with Crippen molar-refractivity contribution in [1.82, 2.24) is 0 Å². The summed E-state index contributed by atoms with van der Waals surface area (Å²) in [5.74, 6) is -0.279. The summed E-state index contributed by atoms with van der Waals surface area (Å²) in [6.07, 6.45) is -0.0754. The van der Waals surface area contributed by atoms with E-state index < -0.39 is 0 Å². The van der Waals surface area contributed by atoms with Crippen LogP contribution in [0.1, 0.15) is 27.1 Å². The number of hydrogen-bond donors (Lipinski definition) is 0. The second-order valence-electron chi connectivity index (χ2n) is 3.76. The van der Waals surface area contributed by atoms with Crippen molar-refractivity contribution >= 4 is 11.6 Å². The molecule has 2 aromatic rings. The van der Waals surface area contributed by atoms with E-state index in [-0.39, 0.29) is 47.5 Å². The Morgan fingerprint density at radius 1 is 0.667 bits per heavy atom. The van der Waals surface area contributed by atoms with Crippen LogP contribution >= 0.6 is 0 Å². The van der Waals surface area contributed by atoms with Crippen molar-refractivity contribution in [2.24, 2.45) is 0 Å². The Kier molecular flexibility index (Phi) is 5.99. The molecule has 0 aliphatic heterocycles. The zero-order valence-corrected chi connectivity index (χ0v) is 12.3. The average Bonchev–Trinajstić information content (AvgIpc) is 2.40. The molecule has 0 N–H and O–H groups in total. The normalized spacial score (nSPS) is 9.33. The Hall–Kier alpha value is -1.22. The molecule has 0 atom stereocenters. The van der Waals surface area contributed by atoms with Gasteiger partial charge in [0.2, 0.25) is 0 Å². The van der Waals surface area contributed by atoms with Gasteiger partial charge in [-0.25, -0.2) is 0 Å². The number of Topliss-reactive ketones (excluding diaryl/α,β-unsaturated/α-hetero) is 2. The predicted octanol–water partition coefficient (Wildman–Crippen LogP) is 0.146. The van der Waals surface area contributed by atoms with Crippen molar-refractivity contribution in [2.45, 2.75) is 6.42 Å². The molecule has 2 aromatic carbocycles. The van der Waals surface area contributed by atoms with Crippen LogP contribution in [0.4, 0.5) is 0 Å². The van der Waals surface area contributed by atoms with Gasteiger partial charge in [-0.05, 0) is 0 Å². The van der Waals surface area contributed by atoms with Crippen LogP contribution in [0.3, 0.4) is 0 Å². The van der Waals surface area contributed by atoms with Crippen molar-refractivity contribution in [2.75, 3.05) is 0 Å². The van der Waals surface area contributed by atoms with Crippen molar-refractivity contribution in [3.8, 4) is 0 Å². The summed E-state index contributed by atoms with van der Waals surface area (Å²) in [4.78, 5) is 23.6. The quantitative estimate of drug-likeness (QED) is 0.438. The number of benzene rings is 2. The summed E-state index contributed by atoms with van der Waals surface area (Å²) in [6.45, 7) is 0. The fourth-order valence-corrected chi connectivity index (χ4v) is 1.60. The minimum atomic E-state index is -0.139. The van der Waals surface area contributed by atoms with Crippen molar-refractivity contribution in [1.29, 1.82) is 0 Å². The summed E-state index contributed by atoms with van der Waals surface area (Å²) in [7, 11) is 0. The molecule has 0 heterocycles. The van der Waals surface area contributed by atoms with Gasteiger partial charge in [-0.1, -0.05) is 60.7 Å². The molecule has 84 valence electrons. The fraction of sp³-hybridized carbons (Fsp3) is 0.0667. The van der Waals surface area contributed by atoms with Crippen LogP contribution in [0.15, 0.2) is 60.7 Å². The summed E-state index contributed by atoms with van der Waals surface area (Å²) < 4.78 is 0. The Labute approximate surface area is 128 Å². The molecule has 0 aliphatic carbocycles. The monoisotopic (exact) mass is 247 g/mol. The number of carbonyl (C=O) groups is 2. The smallest absolute Gasteiger partial charge is 0.294 e. The molecule has 2 rings (SSSR count). The number of rotatable bonds is 4. The van der Waals surface area contributed by atoms with E-state index in [0.717, 1.165) is 0 Å². The molecule has 18 heavy (non-hydrogen) atoms. The van der Waals surface area contributed by atoms with Gasteiger partial charge in [0.15, 0.2) is 11.6 Å². The van der Waals surface area contributed by atoms with Crippen molar-refractivity contribution in [3.05, 3.63) is 71.8 Å². The second-order valence-corrected chi connectivity index (χ2v) is 3.76. The van der Waals surface area contributed by atoms with Gasteiger partial charge in [0.05, 0.1) is 6.42 Å². The fourth-order valence-electron chi connectivity index (χ4n) is 1.60. The van der Waals surface area contributed by atoms with Gasteiger partial charge < -0.3 is 0 Å². The molecule has 0 radical (unpaired) electrons. The predicted molar refractivity (Wildman–Crippen MR) is 66.2 cm³/mol. The third kappa shape index (κ3) is 3.91. The van der Waals surface area contributed by atoms with Crippen LogP contribution in [0.2, 0.25) is 0 Å². The van der Waals surface area contributed by atoms with Gasteiger partial charge in [-0.15, -0.1) is 0 Å². The third-order valence-corrected chi connectivity index (χ3v) is 2.51. The molecule has 0 fully saturated rings. The number of ketones is 2. The maximum atomic E-state index is 11.8. The van der Waals surface area contributed by atoms with Crippen LogP contribution < -0.4 is 29.6 Å². The van der Waals surface area contributed by atoms with Crippen molar-refractivity contribution < 1.29 is 39.1 Å². The van der Waals surface area contributed by atoms with Crippen LogP contribution in [0.5, 0.6) is 0 Å². The van der Waals surface area contributed by atoms with E-state index >= 15 is 0 Å². The molecule has 0 bridgehead atoms. The second kappa shape index (κ2) is 7.27. The van der Waals surface area contributed by atoms with Gasteiger partial charge in [0, 0.05) is 11.1 Å². The van der Waals surface area contributed by atoms with Crippen LogP contribution in [-0.4, -0.2) is 11.6 Å². The van der Waals surface area contributed by atoms with Gasteiger partial charge in [-0.3, -0.25) is 9.59 Å². The summed E-state index contributed by atoms with van der Waals surface area (Å²) in [5.41, 5.74) is 1.16. The largest absolute Gasteiger partial charge is 1.00 e. The molecule has 0 amide bonds. The van der Waals surface area contributed by atoms with E-state index in [0.29, 0.717) is 11.1 Å². The first kappa shape index (κ1) is 14.8. The SMILES string of the molecule is O=C(CC(=O)c1ccccc1)c1ccccc1.[Na+]. The molecule has 0 saturated carbocycles. The maximum absolute atomic E-state index is 11.8. The molecular weight excluding hydrogens is 235 g/mol. The molecule has 0 aliphatic rings. The summed E-state index contributed by atoms with van der Waals surface area (Å²) >= 11 is 0. The van der Waals surface area contributed by atoms with Gasteiger partial charge in [0.25, 0.3) is 0 Å². The molecular formula is C15H12NaO2+. The topological polar surface area (TPSA) is 34.1 Å². The Balaban J connectivity index is 0.00000162. The zero-order chi connectivity index (χ0) is 12.1. The summed E-state index contributed by atoms with van der Waals surface area (Å²) in [5, 5.41) is 0. The Morgan fingerprint density at radius 2 is 1.00 bits per heavy atom. The van der Waals surface area contributed by atoms with Crippen molar-refractivity contribution in [3.63, 3.8) is 0 Å². The van der Waals surface area contributed by atoms with E-state index in [1.165, 1.54) is 0 Å².